The van der Waals surface area contributed by atoms with Crippen LogP contribution in [0.1, 0.15) is 22.3 Å². The molecule has 0 N–H and O–H groups in total. The molecule has 0 unspecified atom stereocenters. The van der Waals surface area contributed by atoms with Crippen molar-refractivity contribution in [2.45, 2.75) is 0 Å². The van der Waals surface area contributed by atoms with Crippen LogP contribution in [0.5, 0.6) is 0 Å². The second-order valence-corrected chi connectivity index (χ2v) is 20.5. The van der Waals surface area contributed by atoms with E-state index in [1.165, 1.54) is 21.5 Å². The van der Waals surface area contributed by atoms with Gasteiger partial charge in [-0.1, -0.05) is 140 Å². The Labute approximate surface area is 476 Å². The van der Waals surface area contributed by atoms with Gasteiger partial charge in [0.05, 0.1) is 91.0 Å². The zero-order chi connectivity index (χ0) is 55.7. The number of nitriles is 4. The Morgan fingerprint density at radius 2 is 0.639 bits per heavy atom. The average Bonchev–Trinajstić information content (AvgIpc) is 4.41. The molecule has 4 heterocycles. The molecule has 83 heavy (non-hydrogen) atoms. The van der Waals surface area contributed by atoms with Crippen molar-refractivity contribution in [3.8, 4) is 97.5 Å². The number of benzene rings is 11. The van der Waals surface area contributed by atoms with E-state index in [0.29, 0.717) is 61.7 Å². The lowest BCUT2D eigenvalue weighted by molar-refractivity contribution is 1.16. The Kier molecular flexibility index (Phi) is 11.2. The van der Waals surface area contributed by atoms with E-state index in [2.05, 4.69) is 196 Å². The first kappa shape index (κ1) is 48.0. The van der Waals surface area contributed by atoms with Crippen LogP contribution in [0.2, 0.25) is 0 Å². The second kappa shape index (κ2) is 19.3. The number of aromatic nitrogens is 5. The van der Waals surface area contributed by atoms with Crippen molar-refractivity contribution in [1.29, 1.82) is 21.0 Å². The predicted octanol–water partition coefficient (Wildman–Crippen LogP) is 17.6. The summed E-state index contributed by atoms with van der Waals surface area (Å²) < 4.78 is 7.06. The van der Waals surface area contributed by atoms with Gasteiger partial charge in [0.15, 0.2) is 5.82 Å². The summed E-state index contributed by atoms with van der Waals surface area (Å²) in [5, 5.41) is 48.6. The van der Waals surface area contributed by atoms with Crippen LogP contribution in [-0.2, 0) is 0 Å². The van der Waals surface area contributed by atoms with Gasteiger partial charge >= 0.3 is 0 Å². The topological polar surface area (TPSA) is 136 Å². The zero-order valence-electron chi connectivity index (χ0n) is 44.2. The molecule has 0 aliphatic rings. The maximum atomic E-state index is 10.8. The molecule has 0 spiro atoms. The highest BCUT2D eigenvalue weighted by Crippen LogP contribution is 2.41. The van der Waals surface area contributed by atoms with E-state index in [1.807, 2.05) is 66.7 Å². The van der Waals surface area contributed by atoms with Gasteiger partial charge < -0.3 is 13.7 Å². The minimum Gasteiger partial charge on any atom is -0.309 e. The maximum absolute atomic E-state index is 10.8. The number of nitrogens with zero attached hydrogens (tertiary/aromatic N) is 9. The van der Waals surface area contributed by atoms with Gasteiger partial charge in [-0.25, -0.2) is 9.97 Å². The first-order valence-electron chi connectivity index (χ1n) is 27.1. The number of para-hydroxylation sites is 4. The number of fused-ring (bicyclic) bond motifs is 9. The summed E-state index contributed by atoms with van der Waals surface area (Å²) in [5.74, 6) is 0.346. The zero-order valence-corrected chi connectivity index (χ0v) is 44.2. The van der Waals surface area contributed by atoms with Crippen LogP contribution in [0, 0.1) is 45.3 Å². The summed E-state index contributed by atoms with van der Waals surface area (Å²) in [7, 11) is 0. The monoisotopic (exact) mass is 1060 g/mol. The van der Waals surface area contributed by atoms with Gasteiger partial charge in [-0.05, 0) is 126 Å². The second-order valence-electron chi connectivity index (χ2n) is 20.5. The van der Waals surface area contributed by atoms with Crippen LogP contribution in [-0.4, -0.2) is 23.7 Å². The summed E-state index contributed by atoms with van der Waals surface area (Å²) in [6, 6.07) is 93.2. The highest BCUT2D eigenvalue weighted by molar-refractivity contribution is 6.14. The molecule has 9 nitrogen and oxygen atoms in total. The van der Waals surface area contributed by atoms with Crippen molar-refractivity contribution in [2.24, 2.45) is 0 Å². The van der Waals surface area contributed by atoms with Crippen molar-refractivity contribution < 1.29 is 0 Å². The van der Waals surface area contributed by atoms with E-state index in [-0.39, 0.29) is 0 Å². The van der Waals surface area contributed by atoms with E-state index >= 15 is 0 Å². The smallest absolute Gasteiger partial charge is 0.161 e. The minimum atomic E-state index is 0.346. The Morgan fingerprint density at radius 3 is 1.13 bits per heavy atom. The lowest BCUT2D eigenvalue weighted by atomic mass is 9.90. The lowest BCUT2D eigenvalue weighted by Gasteiger charge is -2.14. The number of hydrogen-bond acceptors (Lipinski definition) is 6. The van der Waals surface area contributed by atoms with Gasteiger partial charge in [-0.15, -0.1) is 0 Å². The van der Waals surface area contributed by atoms with E-state index in [0.717, 1.165) is 77.6 Å². The van der Waals surface area contributed by atoms with Crippen molar-refractivity contribution in [3.63, 3.8) is 0 Å². The molecule has 0 radical (unpaired) electrons. The number of hydrogen-bond donors (Lipinski definition) is 0. The molecule has 382 valence electrons. The fourth-order valence-corrected chi connectivity index (χ4v) is 12.3. The third-order valence-electron chi connectivity index (χ3n) is 16.1. The fraction of sp³-hybridized carbons (Fsp3) is 0. The van der Waals surface area contributed by atoms with Crippen molar-refractivity contribution in [3.05, 3.63) is 271 Å². The van der Waals surface area contributed by atoms with Crippen LogP contribution < -0.4 is 0 Å². The predicted molar refractivity (Wildman–Crippen MR) is 331 cm³/mol. The Morgan fingerprint density at radius 1 is 0.265 bits per heavy atom. The van der Waals surface area contributed by atoms with Gasteiger partial charge in [0.1, 0.15) is 0 Å². The Bertz CT molecular complexity index is 4990. The molecule has 0 aliphatic heterocycles. The van der Waals surface area contributed by atoms with Crippen molar-refractivity contribution >= 4 is 65.4 Å². The molecule has 0 bridgehead atoms. The molecular formula is C74H41N9. The van der Waals surface area contributed by atoms with E-state index in [4.69, 9.17) is 9.97 Å². The van der Waals surface area contributed by atoms with Gasteiger partial charge in [-0.3, -0.25) is 0 Å². The van der Waals surface area contributed by atoms with Crippen molar-refractivity contribution in [2.75, 3.05) is 0 Å². The minimum absolute atomic E-state index is 0.346. The maximum Gasteiger partial charge on any atom is 0.161 e. The summed E-state index contributed by atoms with van der Waals surface area (Å²) in [5.41, 5.74) is 17.3. The van der Waals surface area contributed by atoms with Crippen LogP contribution in [0.25, 0.3) is 139 Å². The molecular weight excluding hydrogens is 1010 g/mol. The van der Waals surface area contributed by atoms with Gasteiger partial charge in [0, 0.05) is 71.6 Å². The Balaban J connectivity index is 0.822. The molecule has 15 aromatic rings. The quantitative estimate of drug-likeness (QED) is 0.149. The third-order valence-corrected chi connectivity index (χ3v) is 16.1. The molecule has 0 saturated heterocycles. The number of rotatable bonds is 8. The third kappa shape index (κ3) is 7.74. The summed E-state index contributed by atoms with van der Waals surface area (Å²) in [6.07, 6.45) is 0. The molecule has 0 amide bonds. The van der Waals surface area contributed by atoms with Gasteiger partial charge in [0.25, 0.3) is 0 Å². The highest BCUT2D eigenvalue weighted by Gasteiger charge is 2.22. The van der Waals surface area contributed by atoms with Gasteiger partial charge in [0.2, 0.25) is 0 Å². The lowest BCUT2D eigenvalue weighted by Crippen LogP contribution is -1.98. The van der Waals surface area contributed by atoms with Crippen LogP contribution >= 0.6 is 0 Å². The Hall–Kier alpha value is -12.1. The summed E-state index contributed by atoms with van der Waals surface area (Å²) >= 11 is 0. The van der Waals surface area contributed by atoms with Crippen LogP contribution in [0.3, 0.4) is 0 Å². The van der Waals surface area contributed by atoms with Crippen LogP contribution in [0.15, 0.2) is 249 Å². The molecule has 4 aromatic heterocycles. The average molecular weight is 1060 g/mol. The van der Waals surface area contributed by atoms with Crippen LogP contribution in [0.4, 0.5) is 0 Å². The molecule has 0 saturated carbocycles. The molecule has 0 fully saturated rings. The SMILES string of the molecule is N#Cc1ccccc1-c1cc(-c2ccc(-c3c(C#N)cc(-c4ccc(-n5c6ccc(-n7c8ccccc8c8ccccc87)cc6c6cc(-n7c8ccccc8c8ccccc87)ccc65)cc4)cc3C#N)cc2)nc(-c2ccccc2C#N)n1. The largest absolute Gasteiger partial charge is 0.309 e. The standard InChI is InChI=1S/C74H41N9/c75-42-49-13-1-3-15-57(49)66-41-65(79-74(80-66)58-16-4-2-14-50(58)43-76)47-25-27-48(28-26-47)73-52(44-77)37-51(38-53(73)45-78)46-29-31-54(32-30-46)81-71-35-33-55(82-67-21-9-5-17-59(67)60-18-6-10-22-68(60)82)39-63(71)64-40-56(34-36-72(64)81)83-69-23-11-7-19-61(69)62-20-8-12-24-70(62)83/h1-41H. The first-order valence-corrected chi connectivity index (χ1v) is 27.1. The first-order chi connectivity index (χ1) is 41.0. The van der Waals surface area contributed by atoms with E-state index in [1.54, 1.807) is 24.3 Å². The normalized spacial score (nSPS) is 11.3. The van der Waals surface area contributed by atoms with E-state index < -0.39 is 0 Å². The summed E-state index contributed by atoms with van der Waals surface area (Å²) in [4.78, 5) is 9.81. The molecule has 15 rings (SSSR count). The molecule has 0 atom stereocenters. The summed E-state index contributed by atoms with van der Waals surface area (Å²) in [6.45, 7) is 0. The molecule has 0 aliphatic carbocycles. The highest BCUT2D eigenvalue weighted by atomic mass is 15.0. The fourth-order valence-electron chi connectivity index (χ4n) is 12.3. The van der Waals surface area contributed by atoms with Crippen molar-refractivity contribution in [1.82, 2.24) is 23.7 Å². The van der Waals surface area contributed by atoms with E-state index in [9.17, 15) is 21.0 Å². The molecule has 11 aromatic carbocycles. The van der Waals surface area contributed by atoms with Gasteiger partial charge in [-0.2, -0.15) is 21.0 Å². The molecule has 9 heteroatoms.